The van der Waals surface area contributed by atoms with Gasteiger partial charge in [0.15, 0.2) is 0 Å². The lowest BCUT2D eigenvalue weighted by molar-refractivity contribution is 0.296. The van der Waals surface area contributed by atoms with Crippen LogP contribution in [0.5, 0.6) is 0 Å². The highest BCUT2D eigenvalue weighted by atomic mass is 35.5. The van der Waals surface area contributed by atoms with Crippen molar-refractivity contribution in [3.05, 3.63) is 34.9 Å². The van der Waals surface area contributed by atoms with E-state index in [1.54, 1.807) is 0 Å². The standard InChI is InChI=1S/C17H24ClN/c18-15-8-4-7-14(11-15)17(12-19-16-9-10-16)13-5-2-1-3-6-13/h4,7-8,11,13,16-17,19H,1-3,5-6,9-10,12H2. The first kappa shape index (κ1) is 13.5. The van der Waals surface area contributed by atoms with Gasteiger partial charge in [0.2, 0.25) is 0 Å². The highest BCUT2D eigenvalue weighted by Gasteiger charge is 2.28. The Morgan fingerprint density at radius 1 is 1.11 bits per heavy atom. The van der Waals surface area contributed by atoms with E-state index in [1.165, 1.54) is 50.5 Å². The van der Waals surface area contributed by atoms with Crippen molar-refractivity contribution in [1.29, 1.82) is 0 Å². The summed E-state index contributed by atoms with van der Waals surface area (Å²) < 4.78 is 0. The maximum atomic E-state index is 6.18. The molecular formula is C17H24ClN. The van der Waals surface area contributed by atoms with Gasteiger partial charge in [-0.05, 0) is 55.2 Å². The Morgan fingerprint density at radius 2 is 1.89 bits per heavy atom. The summed E-state index contributed by atoms with van der Waals surface area (Å²) in [7, 11) is 0. The van der Waals surface area contributed by atoms with Crippen LogP contribution in [0, 0.1) is 5.92 Å². The molecule has 0 aromatic heterocycles. The Morgan fingerprint density at radius 3 is 2.58 bits per heavy atom. The van der Waals surface area contributed by atoms with Crippen LogP contribution >= 0.6 is 11.6 Å². The Balaban J connectivity index is 1.73. The number of nitrogens with one attached hydrogen (secondary N) is 1. The highest BCUT2D eigenvalue weighted by molar-refractivity contribution is 6.30. The second-order valence-corrected chi connectivity index (χ2v) is 6.68. The zero-order valence-corrected chi connectivity index (χ0v) is 12.3. The van der Waals surface area contributed by atoms with E-state index in [0.717, 1.165) is 23.5 Å². The second-order valence-electron chi connectivity index (χ2n) is 6.24. The fourth-order valence-corrected chi connectivity index (χ4v) is 3.61. The lowest BCUT2D eigenvalue weighted by atomic mass is 9.77. The van der Waals surface area contributed by atoms with Gasteiger partial charge in [-0.1, -0.05) is 43.0 Å². The molecule has 2 aliphatic carbocycles. The van der Waals surface area contributed by atoms with Crippen molar-refractivity contribution in [2.75, 3.05) is 6.54 Å². The summed E-state index contributed by atoms with van der Waals surface area (Å²) in [5.74, 6) is 1.50. The molecule has 2 saturated carbocycles. The second kappa shape index (κ2) is 6.28. The van der Waals surface area contributed by atoms with E-state index in [4.69, 9.17) is 11.6 Å². The fourth-order valence-electron chi connectivity index (χ4n) is 3.41. The number of halogens is 1. The Labute approximate surface area is 121 Å². The summed E-state index contributed by atoms with van der Waals surface area (Å²) in [6, 6.07) is 9.32. The van der Waals surface area contributed by atoms with Gasteiger partial charge in [0.25, 0.3) is 0 Å². The van der Waals surface area contributed by atoms with Crippen LogP contribution in [0.4, 0.5) is 0 Å². The SMILES string of the molecule is Clc1cccc(C(CNC2CC2)C2CCCCC2)c1. The van der Waals surface area contributed by atoms with E-state index in [9.17, 15) is 0 Å². The third-order valence-corrected chi connectivity index (χ3v) is 4.93. The summed E-state index contributed by atoms with van der Waals surface area (Å²) in [6.45, 7) is 1.13. The van der Waals surface area contributed by atoms with Gasteiger partial charge in [-0.2, -0.15) is 0 Å². The molecule has 0 amide bonds. The molecule has 0 saturated heterocycles. The summed E-state index contributed by atoms with van der Waals surface area (Å²) in [5.41, 5.74) is 1.44. The molecule has 1 atom stereocenters. The number of rotatable bonds is 5. The molecule has 2 aliphatic rings. The minimum absolute atomic E-state index is 0.652. The summed E-state index contributed by atoms with van der Waals surface area (Å²) >= 11 is 6.18. The molecule has 1 aromatic carbocycles. The first-order chi connectivity index (χ1) is 9.33. The average molecular weight is 278 g/mol. The molecule has 3 rings (SSSR count). The van der Waals surface area contributed by atoms with Crippen LogP contribution in [0.1, 0.15) is 56.4 Å². The minimum Gasteiger partial charge on any atom is -0.313 e. The third kappa shape index (κ3) is 3.73. The van der Waals surface area contributed by atoms with Gasteiger partial charge in [-0.15, -0.1) is 0 Å². The Hall–Kier alpha value is -0.530. The van der Waals surface area contributed by atoms with Gasteiger partial charge >= 0.3 is 0 Å². The Bertz CT molecular complexity index is 407. The normalized spacial score (nSPS) is 22.4. The Kier molecular flexibility index (Phi) is 4.45. The molecule has 19 heavy (non-hydrogen) atoms. The first-order valence-electron chi connectivity index (χ1n) is 7.82. The van der Waals surface area contributed by atoms with E-state index < -0.39 is 0 Å². The smallest absolute Gasteiger partial charge is 0.0408 e. The van der Waals surface area contributed by atoms with E-state index in [1.807, 2.05) is 6.07 Å². The number of hydrogen-bond donors (Lipinski definition) is 1. The maximum absolute atomic E-state index is 6.18. The quantitative estimate of drug-likeness (QED) is 0.818. The van der Waals surface area contributed by atoms with Gasteiger partial charge < -0.3 is 5.32 Å². The van der Waals surface area contributed by atoms with Crippen molar-refractivity contribution in [3.63, 3.8) is 0 Å². The van der Waals surface area contributed by atoms with Crippen molar-refractivity contribution in [1.82, 2.24) is 5.32 Å². The summed E-state index contributed by atoms with van der Waals surface area (Å²) in [4.78, 5) is 0. The molecule has 2 heteroatoms. The van der Waals surface area contributed by atoms with Crippen LogP contribution in [0.3, 0.4) is 0 Å². The monoisotopic (exact) mass is 277 g/mol. The molecule has 1 N–H and O–H groups in total. The lowest BCUT2D eigenvalue weighted by Gasteiger charge is -2.31. The highest BCUT2D eigenvalue weighted by Crippen LogP contribution is 2.37. The van der Waals surface area contributed by atoms with Crippen LogP contribution < -0.4 is 5.32 Å². The molecular weight excluding hydrogens is 254 g/mol. The predicted molar refractivity (Wildman–Crippen MR) is 81.8 cm³/mol. The molecule has 0 bridgehead atoms. The van der Waals surface area contributed by atoms with Crippen molar-refractivity contribution < 1.29 is 0 Å². The lowest BCUT2D eigenvalue weighted by Crippen LogP contribution is -2.29. The van der Waals surface area contributed by atoms with Gasteiger partial charge in [-0.25, -0.2) is 0 Å². The zero-order valence-electron chi connectivity index (χ0n) is 11.6. The van der Waals surface area contributed by atoms with Gasteiger partial charge in [0.05, 0.1) is 0 Å². The minimum atomic E-state index is 0.652. The maximum Gasteiger partial charge on any atom is 0.0408 e. The molecule has 0 heterocycles. The zero-order chi connectivity index (χ0) is 13.1. The van der Waals surface area contributed by atoms with E-state index in [0.29, 0.717) is 5.92 Å². The van der Waals surface area contributed by atoms with Gasteiger partial charge in [0, 0.05) is 17.6 Å². The van der Waals surface area contributed by atoms with Gasteiger partial charge in [0.1, 0.15) is 0 Å². The van der Waals surface area contributed by atoms with E-state index in [-0.39, 0.29) is 0 Å². The van der Waals surface area contributed by atoms with Crippen molar-refractivity contribution >= 4 is 11.6 Å². The van der Waals surface area contributed by atoms with Crippen LogP contribution in [0.25, 0.3) is 0 Å². The molecule has 1 aromatic rings. The van der Waals surface area contributed by atoms with Crippen molar-refractivity contribution in [2.24, 2.45) is 5.92 Å². The average Bonchev–Trinajstić information content (AvgIpc) is 3.25. The number of benzene rings is 1. The third-order valence-electron chi connectivity index (χ3n) is 4.70. The molecule has 0 spiro atoms. The van der Waals surface area contributed by atoms with Crippen LogP contribution in [0.2, 0.25) is 5.02 Å². The largest absolute Gasteiger partial charge is 0.313 e. The molecule has 0 radical (unpaired) electrons. The van der Waals surface area contributed by atoms with E-state index in [2.05, 4.69) is 23.5 Å². The molecule has 1 unspecified atom stereocenters. The first-order valence-corrected chi connectivity index (χ1v) is 8.19. The molecule has 2 fully saturated rings. The fraction of sp³-hybridized carbons (Fsp3) is 0.647. The molecule has 1 nitrogen and oxygen atoms in total. The predicted octanol–water partition coefficient (Wildman–Crippen LogP) is 4.76. The molecule has 0 aliphatic heterocycles. The summed E-state index contributed by atoms with van der Waals surface area (Å²) in [5, 5.41) is 4.61. The van der Waals surface area contributed by atoms with E-state index >= 15 is 0 Å². The van der Waals surface area contributed by atoms with Crippen LogP contribution in [-0.2, 0) is 0 Å². The summed E-state index contributed by atoms with van der Waals surface area (Å²) in [6.07, 6.45) is 9.76. The van der Waals surface area contributed by atoms with Crippen molar-refractivity contribution in [3.8, 4) is 0 Å². The van der Waals surface area contributed by atoms with Crippen molar-refractivity contribution in [2.45, 2.75) is 56.9 Å². The molecule has 104 valence electrons. The van der Waals surface area contributed by atoms with Gasteiger partial charge in [-0.3, -0.25) is 0 Å². The number of hydrogen-bond acceptors (Lipinski definition) is 1. The van der Waals surface area contributed by atoms with Crippen LogP contribution in [-0.4, -0.2) is 12.6 Å². The topological polar surface area (TPSA) is 12.0 Å². The van der Waals surface area contributed by atoms with Crippen LogP contribution in [0.15, 0.2) is 24.3 Å².